The van der Waals surface area contributed by atoms with Crippen molar-refractivity contribution >= 4 is 11.1 Å². The topological polar surface area (TPSA) is 79.9 Å². The average molecular weight is 322 g/mol. The van der Waals surface area contributed by atoms with Gasteiger partial charge in [0.05, 0.1) is 0 Å². The van der Waals surface area contributed by atoms with Crippen LogP contribution in [0.2, 0.25) is 0 Å². The molecule has 0 saturated heterocycles. The molecule has 0 amide bonds. The van der Waals surface area contributed by atoms with Crippen molar-refractivity contribution in [2.45, 2.75) is 27.2 Å². The smallest absolute Gasteiger partial charge is 0 e. The molecule has 4 nitrogen and oxygen atoms in total. The molecule has 1 aromatic rings. The molecular formula is C13H14FeO4S-6. The van der Waals surface area contributed by atoms with Crippen molar-refractivity contribution in [3.8, 4) is 0 Å². The van der Waals surface area contributed by atoms with Gasteiger partial charge in [-0.3, -0.25) is 4.21 Å². The fourth-order valence-corrected chi connectivity index (χ4v) is 1.35. The van der Waals surface area contributed by atoms with Crippen LogP contribution in [-0.4, -0.2) is 14.5 Å². The molecule has 1 atom stereocenters. The summed E-state index contributed by atoms with van der Waals surface area (Å²) < 4.78 is 35.1. The Morgan fingerprint density at radius 1 is 1.16 bits per heavy atom. The van der Waals surface area contributed by atoms with Gasteiger partial charge < -0.3 is 34.9 Å². The molecule has 0 fully saturated rings. The maximum Gasteiger partial charge on any atom is 0 e. The van der Waals surface area contributed by atoms with Gasteiger partial charge in [0, 0.05) is 22.8 Å². The molecule has 1 aromatic carbocycles. The second kappa shape index (κ2) is 19.8. The molecule has 1 rings (SSSR count). The molecule has 110 valence electrons. The summed E-state index contributed by atoms with van der Waals surface area (Å²) in [4.78, 5) is 0. The van der Waals surface area contributed by atoms with Gasteiger partial charge in [-0.2, -0.15) is 0 Å². The van der Waals surface area contributed by atoms with E-state index in [0.29, 0.717) is 0 Å². The predicted molar refractivity (Wildman–Crippen MR) is 63.1 cm³/mol. The Morgan fingerprint density at radius 3 is 1.63 bits per heavy atom. The summed E-state index contributed by atoms with van der Waals surface area (Å²) in [6.07, 6.45) is 0.739. The molecule has 0 bridgehead atoms. The minimum atomic E-state index is -1.86. The van der Waals surface area contributed by atoms with E-state index in [1.54, 1.807) is 6.07 Å². The fourth-order valence-electron chi connectivity index (χ4n) is 0.570. The molecule has 0 aliphatic carbocycles. The average Bonchev–Trinajstić information content (AvgIpc) is 2.90. The SMILES string of the molecule is CC(C)(C)CCS(=O)[O-].[C-]#[O+].[C-]#[O+].[Fe].[c-]1[c-][c-][cH-][c-]1. The molecule has 0 spiro atoms. The number of rotatable bonds is 2. The molecule has 0 saturated carbocycles. The fraction of sp³-hybridized carbons (Fsp3) is 0.462. The van der Waals surface area contributed by atoms with Crippen molar-refractivity contribution < 1.29 is 35.1 Å². The van der Waals surface area contributed by atoms with Gasteiger partial charge in [0.15, 0.2) is 0 Å². The second-order valence-electron chi connectivity index (χ2n) is 4.00. The van der Waals surface area contributed by atoms with E-state index in [-0.39, 0.29) is 28.2 Å². The number of hydrogen-bond acceptors (Lipinski definition) is 2. The van der Waals surface area contributed by atoms with Gasteiger partial charge in [-0.15, -0.1) is 0 Å². The van der Waals surface area contributed by atoms with Crippen LogP contribution >= 0.6 is 0 Å². The van der Waals surface area contributed by atoms with Crippen molar-refractivity contribution in [1.82, 2.24) is 0 Å². The van der Waals surface area contributed by atoms with E-state index in [1.165, 1.54) is 0 Å². The van der Waals surface area contributed by atoms with Crippen LogP contribution in [0.25, 0.3) is 0 Å². The van der Waals surface area contributed by atoms with Crippen LogP contribution in [0.5, 0.6) is 0 Å². The zero-order chi connectivity index (χ0) is 15.0. The van der Waals surface area contributed by atoms with Crippen molar-refractivity contribution in [3.05, 3.63) is 43.6 Å². The first-order valence-corrected chi connectivity index (χ1v) is 5.96. The van der Waals surface area contributed by atoms with Crippen LogP contribution in [0.4, 0.5) is 0 Å². The zero-order valence-corrected chi connectivity index (χ0v) is 12.8. The van der Waals surface area contributed by atoms with Crippen LogP contribution in [0, 0.1) is 43.0 Å². The van der Waals surface area contributed by atoms with E-state index in [2.05, 4.69) is 37.6 Å². The van der Waals surface area contributed by atoms with Crippen molar-refractivity contribution in [1.29, 1.82) is 0 Å². The molecule has 0 N–H and O–H groups in total. The maximum atomic E-state index is 10.0. The summed E-state index contributed by atoms with van der Waals surface area (Å²) in [7, 11) is 0. The predicted octanol–water partition coefficient (Wildman–Crippen LogP) is 1.83. The van der Waals surface area contributed by atoms with Crippen LogP contribution in [0.1, 0.15) is 27.2 Å². The summed E-state index contributed by atoms with van der Waals surface area (Å²) in [5, 5.41) is 0. The Hall–Kier alpha value is -0.541. The van der Waals surface area contributed by atoms with E-state index in [9.17, 15) is 8.76 Å². The molecule has 6 heteroatoms. The first kappa shape index (κ1) is 26.9. The summed E-state index contributed by atoms with van der Waals surface area (Å²) in [5.74, 6) is 0.281. The zero-order valence-electron chi connectivity index (χ0n) is 10.9. The summed E-state index contributed by atoms with van der Waals surface area (Å²) in [5.41, 5.74) is 0.139. The van der Waals surface area contributed by atoms with Crippen molar-refractivity contribution in [3.63, 3.8) is 0 Å². The third-order valence-electron chi connectivity index (χ3n) is 1.37. The second-order valence-corrected chi connectivity index (χ2v) is 5.02. The van der Waals surface area contributed by atoms with E-state index < -0.39 is 11.1 Å². The maximum absolute atomic E-state index is 10.0. The first-order chi connectivity index (χ1) is 8.42. The van der Waals surface area contributed by atoms with Crippen molar-refractivity contribution in [2.75, 3.05) is 5.75 Å². The minimum Gasteiger partial charge on any atom is -0.999 e. The monoisotopic (exact) mass is 322 g/mol. The third-order valence-corrected chi connectivity index (χ3v) is 1.91. The van der Waals surface area contributed by atoms with Crippen LogP contribution < -0.4 is 0 Å². The Bertz CT molecular complexity index is 289. The molecule has 0 heterocycles. The Kier molecular flexibility index (Phi) is 28.0. The van der Waals surface area contributed by atoms with Gasteiger partial charge in [0.2, 0.25) is 0 Å². The summed E-state index contributed by atoms with van der Waals surface area (Å²) >= 11 is -1.86. The van der Waals surface area contributed by atoms with E-state index >= 15 is 0 Å². The van der Waals surface area contributed by atoms with E-state index in [1.807, 2.05) is 20.8 Å². The molecule has 19 heavy (non-hydrogen) atoms. The normalized spacial score (nSPS) is 9.68. The van der Waals surface area contributed by atoms with Gasteiger partial charge in [-0.1, -0.05) is 31.9 Å². The summed E-state index contributed by atoms with van der Waals surface area (Å²) in [6, 6.07) is 12.0. The van der Waals surface area contributed by atoms with Crippen LogP contribution in [0.3, 0.4) is 0 Å². The molecule has 0 aromatic heterocycles. The van der Waals surface area contributed by atoms with Gasteiger partial charge in [0.25, 0.3) is 0 Å². The Labute approximate surface area is 128 Å². The van der Waals surface area contributed by atoms with Gasteiger partial charge in [-0.25, -0.2) is 0 Å². The summed E-state index contributed by atoms with van der Waals surface area (Å²) in [6.45, 7) is 15.1. The minimum absolute atomic E-state index is 0. The van der Waals surface area contributed by atoms with E-state index in [0.717, 1.165) is 6.42 Å². The van der Waals surface area contributed by atoms with Gasteiger partial charge >= 0.3 is 22.6 Å². The molecule has 0 aliphatic rings. The third kappa shape index (κ3) is 38.1. The largest absolute Gasteiger partial charge is 0.999 e. The number of hydrogen-bond donors (Lipinski definition) is 0. The van der Waals surface area contributed by atoms with Gasteiger partial charge in [-0.05, 0) is 11.8 Å². The first-order valence-electron chi connectivity index (χ1n) is 4.71. The molecule has 1 unspecified atom stereocenters. The standard InChI is InChI=1S/C6H14O2S.C5H.2CO.Fe/c1-6(2,3)4-5-9(7)8;1-2-4-5-3-1;2*1-2;/h4-5H2,1-3H3,(H,7,8);1H;;;/q;-5;;;/p-1. The van der Waals surface area contributed by atoms with Gasteiger partial charge in [0.1, 0.15) is 0 Å². The molecule has 0 aliphatic heterocycles. The molecular weight excluding hydrogens is 308 g/mol. The van der Waals surface area contributed by atoms with Crippen LogP contribution in [-0.2, 0) is 37.5 Å². The van der Waals surface area contributed by atoms with Crippen LogP contribution in [0.15, 0.2) is 6.07 Å². The van der Waals surface area contributed by atoms with Crippen molar-refractivity contribution in [2.24, 2.45) is 5.41 Å². The molecule has 0 radical (unpaired) electrons. The Balaban J connectivity index is -0.0000000956. The van der Waals surface area contributed by atoms with E-state index in [4.69, 9.17) is 9.30 Å². The quantitative estimate of drug-likeness (QED) is 0.360. The Morgan fingerprint density at radius 2 is 1.53 bits per heavy atom.